The summed E-state index contributed by atoms with van der Waals surface area (Å²) in [5, 5.41) is 0. The third kappa shape index (κ3) is 4.50. The highest BCUT2D eigenvalue weighted by molar-refractivity contribution is 5.96. The number of rotatable bonds is 5. The minimum atomic E-state index is -0.433. The summed E-state index contributed by atoms with van der Waals surface area (Å²) in [6, 6.07) is 7.65. The summed E-state index contributed by atoms with van der Waals surface area (Å²) in [6.07, 6.45) is 0.910. The molecule has 114 valence electrons. The largest absolute Gasteiger partial charge is 0.320 e. The van der Waals surface area contributed by atoms with E-state index in [0.29, 0.717) is 5.92 Å². The third-order valence-corrected chi connectivity index (χ3v) is 3.80. The molecule has 3 nitrogen and oxygen atoms in total. The fourth-order valence-corrected chi connectivity index (χ4v) is 1.94. The van der Waals surface area contributed by atoms with Crippen molar-refractivity contribution in [3.05, 3.63) is 29.8 Å². The van der Waals surface area contributed by atoms with E-state index < -0.39 is 6.04 Å². The van der Waals surface area contributed by atoms with Crippen LogP contribution >= 0.6 is 12.4 Å². The van der Waals surface area contributed by atoms with Crippen molar-refractivity contribution in [2.75, 3.05) is 11.9 Å². The van der Waals surface area contributed by atoms with Gasteiger partial charge in [0, 0.05) is 12.7 Å². The smallest absolute Gasteiger partial charge is 0.243 e. The molecule has 2 atom stereocenters. The molecule has 1 rings (SSSR count). The normalized spacial score (nSPS) is 13.6. The SMILES string of the molecule is CCC(C)C(N)C(=O)N(C)c1cccc(C(C)C)c1.Cl. The highest BCUT2D eigenvalue weighted by atomic mass is 35.5. The highest BCUT2D eigenvalue weighted by Gasteiger charge is 2.23. The minimum absolute atomic E-state index is 0. The average molecular weight is 299 g/mol. The van der Waals surface area contributed by atoms with Gasteiger partial charge in [0.05, 0.1) is 6.04 Å². The summed E-state index contributed by atoms with van der Waals surface area (Å²) >= 11 is 0. The molecule has 2 unspecified atom stereocenters. The van der Waals surface area contributed by atoms with Crippen LogP contribution in [-0.4, -0.2) is 19.0 Å². The van der Waals surface area contributed by atoms with Gasteiger partial charge in [-0.15, -0.1) is 12.4 Å². The summed E-state index contributed by atoms with van der Waals surface area (Å²) in [6.45, 7) is 8.36. The predicted octanol–water partition coefficient (Wildman–Crippen LogP) is 3.57. The molecule has 0 fully saturated rings. The highest BCUT2D eigenvalue weighted by Crippen LogP contribution is 2.22. The van der Waals surface area contributed by atoms with Crippen LogP contribution in [0.2, 0.25) is 0 Å². The van der Waals surface area contributed by atoms with Crippen LogP contribution in [-0.2, 0) is 4.79 Å². The van der Waals surface area contributed by atoms with Crippen molar-refractivity contribution < 1.29 is 4.79 Å². The molecule has 0 saturated carbocycles. The first-order valence-corrected chi connectivity index (χ1v) is 7.01. The molecule has 0 aliphatic heterocycles. The lowest BCUT2D eigenvalue weighted by molar-refractivity contribution is -0.120. The van der Waals surface area contributed by atoms with Gasteiger partial charge in [-0.2, -0.15) is 0 Å². The maximum absolute atomic E-state index is 12.3. The van der Waals surface area contributed by atoms with E-state index in [4.69, 9.17) is 5.73 Å². The first kappa shape index (κ1) is 18.9. The first-order valence-electron chi connectivity index (χ1n) is 7.01. The summed E-state index contributed by atoms with van der Waals surface area (Å²) in [5.41, 5.74) is 8.16. The molecule has 0 bridgehead atoms. The number of halogens is 1. The molecule has 4 heteroatoms. The molecular weight excluding hydrogens is 272 g/mol. The van der Waals surface area contributed by atoms with Gasteiger partial charge in [0.15, 0.2) is 0 Å². The number of carbonyl (C=O) groups is 1. The van der Waals surface area contributed by atoms with Crippen LogP contribution in [0.5, 0.6) is 0 Å². The number of carbonyl (C=O) groups excluding carboxylic acids is 1. The Balaban J connectivity index is 0.00000361. The summed E-state index contributed by atoms with van der Waals surface area (Å²) in [4.78, 5) is 14.0. The fourth-order valence-electron chi connectivity index (χ4n) is 1.94. The molecule has 0 saturated heterocycles. The molecule has 1 aromatic rings. The minimum Gasteiger partial charge on any atom is -0.320 e. The summed E-state index contributed by atoms with van der Waals surface area (Å²) < 4.78 is 0. The van der Waals surface area contributed by atoms with Gasteiger partial charge in [0.25, 0.3) is 0 Å². The van der Waals surface area contributed by atoms with Crippen molar-refractivity contribution in [2.24, 2.45) is 11.7 Å². The predicted molar refractivity (Wildman–Crippen MR) is 88.6 cm³/mol. The Kier molecular flexibility index (Phi) is 7.84. The Morgan fingerprint density at radius 1 is 1.30 bits per heavy atom. The second kappa shape index (κ2) is 8.28. The number of anilines is 1. The van der Waals surface area contributed by atoms with Gasteiger partial charge in [0.2, 0.25) is 5.91 Å². The van der Waals surface area contributed by atoms with E-state index in [1.165, 1.54) is 5.56 Å². The lowest BCUT2D eigenvalue weighted by Crippen LogP contribution is -2.45. The van der Waals surface area contributed by atoms with Crippen molar-refractivity contribution in [1.82, 2.24) is 0 Å². The van der Waals surface area contributed by atoms with E-state index in [0.717, 1.165) is 12.1 Å². The number of nitrogens with zero attached hydrogens (tertiary/aromatic N) is 1. The molecule has 1 aromatic carbocycles. The lowest BCUT2D eigenvalue weighted by Gasteiger charge is -2.25. The second-order valence-corrected chi connectivity index (χ2v) is 5.56. The van der Waals surface area contributed by atoms with Crippen LogP contribution in [0.3, 0.4) is 0 Å². The van der Waals surface area contributed by atoms with E-state index >= 15 is 0 Å². The van der Waals surface area contributed by atoms with Gasteiger partial charge in [-0.3, -0.25) is 4.79 Å². The van der Waals surface area contributed by atoms with Gasteiger partial charge in [-0.25, -0.2) is 0 Å². The van der Waals surface area contributed by atoms with Gasteiger partial charge in [-0.05, 0) is 29.5 Å². The Morgan fingerprint density at radius 2 is 1.90 bits per heavy atom. The molecular formula is C16H27ClN2O. The van der Waals surface area contributed by atoms with Gasteiger partial charge in [-0.1, -0.05) is 46.2 Å². The number of nitrogens with two attached hydrogens (primary N) is 1. The van der Waals surface area contributed by atoms with Gasteiger partial charge >= 0.3 is 0 Å². The van der Waals surface area contributed by atoms with Crippen LogP contribution in [0.4, 0.5) is 5.69 Å². The zero-order valence-electron chi connectivity index (χ0n) is 13.1. The lowest BCUT2D eigenvalue weighted by atomic mass is 9.98. The van der Waals surface area contributed by atoms with Gasteiger partial charge < -0.3 is 10.6 Å². The maximum Gasteiger partial charge on any atom is 0.243 e. The van der Waals surface area contributed by atoms with Crippen LogP contribution in [0.1, 0.15) is 45.6 Å². The number of benzene rings is 1. The van der Waals surface area contributed by atoms with Crippen LogP contribution in [0.25, 0.3) is 0 Å². The van der Waals surface area contributed by atoms with Crippen molar-refractivity contribution in [1.29, 1.82) is 0 Å². The number of hydrogen-bond donors (Lipinski definition) is 1. The number of likely N-dealkylation sites (N-methyl/N-ethyl adjacent to an activating group) is 1. The average Bonchev–Trinajstić information content (AvgIpc) is 2.44. The van der Waals surface area contributed by atoms with Crippen molar-refractivity contribution in [2.45, 2.75) is 46.1 Å². The van der Waals surface area contributed by atoms with E-state index in [-0.39, 0.29) is 24.2 Å². The molecule has 0 aliphatic rings. The monoisotopic (exact) mass is 298 g/mol. The van der Waals surface area contributed by atoms with E-state index in [1.54, 1.807) is 11.9 Å². The Hall–Kier alpha value is -1.06. The molecule has 0 heterocycles. The van der Waals surface area contributed by atoms with E-state index in [1.807, 2.05) is 19.1 Å². The molecule has 0 radical (unpaired) electrons. The maximum atomic E-state index is 12.3. The number of amides is 1. The zero-order valence-corrected chi connectivity index (χ0v) is 13.9. The summed E-state index contributed by atoms with van der Waals surface area (Å²) in [7, 11) is 1.80. The molecule has 0 spiro atoms. The molecule has 0 aliphatic carbocycles. The summed E-state index contributed by atoms with van der Waals surface area (Å²) in [5.74, 6) is 0.630. The van der Waals surface area contributed by atoms with Crippen LogP contribution in [0, 0.1) is 5.92 Å². The zero-order chi connectivity index (χ0) is 14.6. The van der Waals surface area contributed by atoms with Crippen molar-refractivity contribution in [3.8, 4) is 0 Å². The molecule has 2 N–H and O–H groups in total. The van der Waals surface area contributed by atoms with E-state index in [2.05, 4.69) is 32.9 Å². The Labute approximate surface area is 128 Å². The van der Waals surface area contributed by atoms with Gasteiger partial charge in [0.1, 0.15) is 0 Å². The van der Waals surface area contributed by atoms with Crippen LogP contribution in [0.15, 0.2) is 24.3 Å². The molecule has 1 amide bonds. The first-order chi connectivity index (χ1) is 8.88. The third-order valence-electron chi connectivity index (χ3n) is 3.80. The quantitative estimate of drug-likeness (QED) is 0.903. The topological polar surface area (TPSA) is 46.3 Å². The second-order valence-electron chi connectivity index (χ2n) is 5.56. The Bertz CT molecular complexity index is 434. The fraction of sp³-hybridized carbons (Fsp3) is 0.562. The molecule has 20 heavy (non-hydrogen) atoms. The Morgan fingerprint density at radius 3 is 2.40 bits per heavy atom. The number of hydrogen-bond acceptors (Lipinski definition) is 2. The standard InChI is InChI=1S/C16H26N2O.ClH/c1-6-12(4)15(17)16(19)18(5)14-9-7-8-13(10-14)11(2)3;/h7-12,15H,6,17H2,1-5H3;1H. The molecule has 0 aromatic heterocycles. The van der Waals surface area contributed by atoms with Crippen molar-refractivity contribution in [3.63, 3.8) is 0 Å². The van der Waals surface area contributed by atoms with Crippen LogP contribution < -0.4 is 10.6 Å². The van der Waals surface area contributed by atoms with E-state index in [9.17, 15) is 4.79 Å². The van der Waals surface area contributed by atoms with Crippen molar-refractivity contribution >= 4 is 24.0 Å².